The van der Waals surface area contributed by atoms with E-state index in [1.165, 1.54) is 30.3 Å². The minimum atomic E-state index is -1.59. The summed E-state index contributed by atoms with van der Waals surface area (Å²) in [5.74, 6) is -0.365. The number of phenolic OH excluding ortho intramolecular Hbond substituents is 1. The molecule has 9 nitrogen and oxygen atoms in total. The van der Waals surface area contributed by atoms with Crippen molar-refractivity contribution in [2.45, 2.75) is 63.0 Å². The lowest BCUT2D eigenvalue weighted by Gasteiger charge is -2.39. The van der Waals surface area contributed by atoms with Crippen LogP contribution < -0.4 is 4.74 Å². The van der Waals surface area contributed by atoms with Crippen LogP contribution in [0.25, 0.3) is 0 Å². The number of carbonyl (C=O) groups is 1. The van der Waals surface area contributed by atoms with Crippen molar-refractivity contribution in [1.82, 2.24) is 0 Å². The van der Waals surface area contributed by atoms with Gasteiger partial charge in [0.25, 0.3) is 0 Å². The number of phenols is 1. The molecule has 0 radical (unpaired) electrons. The Morgan fingerprint density at radius 3 is 2.45 bits per heavy atom. The van der Waals surface area contributed by atoms with Gasteiger partial charge in [-0.15, -0.1) is 6.58 Å². The second-order valence-electron chi connectivity index (χ2n) is 7.71. The highest BCUT2D eigenvalue weighted by molar-refractivity contribution is 5.87. The molecule has 1 aromatic carbocycles. The summed E-state index contributed by atoms with van der Waals surface area (Å²) in [5, 5.41) is 49.6. The maximum absolute atomic E-state index is 12.2. The first-order chi connectivity index (χ1) is 14.5. The van der Waals surface area contributed by atoms with Crippen molar-refractivity contribution in [2.24, 2.45) is 0 Å². The molecular formula is C22H30O9. The number of ether oxygens (including phenoxy) is 3. The Balaban J connectivity index is 1.93. The summed E-state index contributed by atoms with van der Waals surface area (Å²) in [7, 11) is 0. The highest BCUT2D eigenvalue weighted by atomic mass is 16.7. The fourth-order valence-corrected chi connectivity index (χ4v) is 2.85. The van der Waals surface area contributed by atoms with E-state index in [-0.39, 0.29) is 18.1 Å². The van der Waals surface area contributed by atoms with E-state index in [9.17, 15) is 30.3 Å². The van der Waals surface area contributed by atoms with Gasteiger partial charge in [-0.05, 0) is 51.0 Å². The molecule has 0 saturated carbocycles. The van der Waals surface area contributed by atoms with E-state index in [4.69, 9.17) is 14.2 Å². The smallest absolute Gasteiger partial charge is 0.333 e. The average Bonchev–Trinajstić information content (AvgIpc) is 2.74. The highest BCUT2D eigenvalue weighted by Crippen LogP contribution is 2.26. The van der Waals surface area contributed by atoms with E-state index in [1.54, 1.807) is 19.9 Å². The van der Waals surface area contributed by atoms with Gasteiger partial charge in [0, 0.05) is 5.57 Å². The Kier molecular flexibility index (Phi) is 8.60. The molecule has 1 saturated heterocycles. The summed E-state index contributed by atoms with van der Waals surface area (Å²) >= 11 is 0. The number of benzene rings is 1. The minimum absolute atomic E-state index is 0.0224. The average molecular weight is 438 g/mol. The molecule has 5 N–H and O–H groups in total. The van der Waals surface area contributed by atoms with Crippen molar-refractivity contribution >= 4 is 5.97 Å². The number of rotatable bonds is 9. The standard InChI is InChI=1S/C22H30O9/c1-4-22(3,28)11-5-6-13(2)20(27)29-12-16-17(24)18(25)19(26)21(31-16)30-15-9-7-14(23)8-10-15/h4,6-10,16-19,21,23-26,28H,1,5,11-12H2,2-3H3/b13-6+/t16-,17-,18+,19-,21-,22-/m1/s1. The van der Waals surface area contributed by atoms with E-state index < -0.39 is 42.3 Å². The van der Waals surface area contributed by atoms with Crippen LogP contribution in [0.1, 0.15) is 26.7 Å². The summed E-state index contributed by atoms with van der Waals surface area (Å²) in [6, 6.07) is 5.63. The first-order valence-electron chi connectivity index (χ1n) is 9.89. The molecule has 0 aliphatic carbocycles. The fourth-order valence-electron chi connectivity index (χ4n) is 2.85. The second kappa shape index (κ2) is 10.7. The van der Waals surface area contributed by atoms with Crippen LogP contribution in [-0.4, -0.2) is 74.4 Å². The topological polar surface area (TPSA) is 146 Å². The zero-order chi connectivity index (χ0) is 23.2. The van der Waals surface area contributed by atoms with Crippen LogP contribution in [0.4, 0.5) is 0 Å². The Hall–Kier alpha value is -2.43. The molecule has 6 atom stereocenters. The van der Waals surface area contributed by atoms with Crippen molar-refractivity contribution in [3.8, 4) is 11.5 Å². The minimum Gasteiger partial charge on any atom is -0.508 e. The lowest BCUT2D eigenvalue weighted by molar-refractivity contribution is -0.278. The van der Waals surface area contributed by atoms with Gasteiger partial charge >= 0.3 is 5.97 Å². The van der Waals surface area contributed by atoms with Crippen molar-refractivity contribution in [3.05, 3.63) is 48.6 Å². The predicted octanol–water partition coefficient (Wildman–Crippen LogP) is 0.785. The van der Waals surface area contributed by atoms with Gasteiger partial charge in [0.05, 0.1) is 5.60 Å². The molecule has 1 aromatic rings. The van der Waals surface area contributed by atoms with Crippen LogP contribution in [0, 0.1) is 0 Å². The molecule has 0 amide bonds. The van der Waals surface area contributed by atoms with Crippen molar-refractivity contribution in [2.75, 3.05) is 6.61 Å². The summed E-state index contributed by atoms with van der Waals surface area (Å²) < 4.78 is 16.1. The lowest BCUT2D eigenvalue weighted by Crippen LogP contribution is -2.60. The molecule has 1 aliphatic rings. The van der Waals surface area contributed by atoms with Crippen molar-refractivity contribution in [1.29, 1.82) is 0 Å². The molecule has 1 heterocycles. The lowest BCUT2D eigenvalue weighted by atomic mass is 9.99. The maximum atomic E-state index is 12.2. The third-order valence-corrected chi connectivity index (χ3v) is 5.00. The Bertz CT molecular complexity index is 772. The molecule has 0 bridgehead atoms. The molecule has 9 heteroatoms. The predicted molar refractivity (Wildman–Crippen MR) is 110 cm³/mol. The van der Waals surface area contributed by atoms with Gasteiger partial charge in [-0.1, -0.05) is 12.2 Å². The quantitative estimate of drug-likeness (QED) is 0.214. The van der Waals surface area contributed by atoms with E-state index in [0.717, 1.165) is 0 Å². The van der Waals surface area contributed by atoms with Gasteiger partial charge in [-0.2, -0.15) is 0 Å². The normalized spacial score (nSPS) is 28.5. The van der Waals surface area contributed by atoms with Crippen LogP contribution in [0.15, 0.2) is 48.6 Å². The maximum Gasteiger partial charge on any atom is 0.333 e. The Morgan fingerprint density at radius 1 is 1.19 bits per heavy atom. The molecule has 0 aromatic heterocycles. The molecule has 2 rings (SSSR count). The largest absolute Gasteiger partial charge is 0.508 e. The van der Waals surface area contributed by atoms with Crippen LogP contribution >= 0.6 is 0 Å². The number of aliphatic hydroxyl groups excluding tert-OH is 3. The Morgan fingerprint density at radius 2 is 1.84 bits per heavy atom. The third kappa shape index (κ3) is 7.05. The molecule has 172 valence electrons. The Labute approximate surface area is 180 Å². The molecule has 1 fully saturated rings. The number of allylic oxidation sites excluding steroid dienone is 1. The summed E-state index contributed by atoms with van der Waals surface area (Å²) in [4.78, 5) is 12.2. The molecule has 31 heavy (non-hydrogen) atoms. The molecule has 1 aliphatic heterocycles. The SMILES string of the molecule is C=C[C@@](C)(O)CC/C=C(\C)C(=O)OC[C@H]1O[C@@H](Oc2ccc(O)cc2)[C@H](O)[C@@H](O)[C@@H]1O. The zero-order valence-electron chi connectivity index (χ0n) is 17.5. The number of hydrogen-bond acceptors (Lipinski definition) is 9. The molecular weight excluding hydrogens is 408 g/mol. The number of aliphatic hydroxyl groups is 4. The first-order valence-corrected chi connectivity index (χ1v) is 9.89. The summed E-state index contributed by atoms with van der Waals surface area (Å²) in [5.41, 5.74) is -0.729. The highest BCUT2D eigenvalue weighted by Gasteiger charge is 2.45. The van der Waals surface area contributed by atoms with Gasteiger partial charge in [-0.25, -0.2) is 4.79 Å². The van der Waals surface area contributed by atoms with Gasteiger partial charge in [-0.3, -0.25) is 0 Å². The van der Waals surface area contributed by atoms with E-state index in [2.05, 4.69) is 6.58 Å². The summed E-state index contributed by atoms with van der Waals surface area (Å²) in [6.07, 6.45) is -3.26. The van der Waals surface area contributed by atoms with Gasteiger partial charge in [0.1, 0.15) is 42.5 Å². The molecule has 0 unspecified atom stereocenters. The zero-order valence-corrected chi connectivity index (χ0v) is 17.5. The van der Waals surface area contributed by atoms with Gasteiger partial charge in [0.2, 0.25) is 6.29 Å². The monoisotopic (exact) mass is 438 g/mol. The fraction of sp³-hybridized carbons (Fsp3) is 0.500. The third-order valence-electron chi connectivity index (χ3n) is 5.00. The van der Waals surface area contributed by atoms with Crippen LogP contribution in [0.2, 0.25) is 0 Å². The number of carbonyl (C=O) groups excluding carboxylic acids is 1. The van der Waals surface area contributed by atoms with Crippen LogP contribution in [0.5, 0.6) is 11.5 Å². The van der Waals surface area contributed by atoms with Crippen molar-refractivity contribution < 1.29 is 44.5 Å². The second-order valence-corrected chi connectivity index (χ2v) is 7.71. The van der Waals surface area contributed by atoms with Gasteiger partial charge in [0.15, 0.2) is 0 Å². The van der Waals surface area contributed by atoms with E-state index in [0.29, 0.717) is 18.4 Å². The van der Waals surface area contributed by atoms with E-state index >= 15 is 0 Å². The summed E-state index contributed by atoms with van der Waals surface area (Å²) in [6.45, 7) is 6.33. The number of esters is 1. The van der Waals surface area contributed by atoms with Crippen molar-refractivity contribution in [3.63, 3.8) is 0 Å². The molecule has 0 spiro atoms. The number of aromatic hydroxyl groups is 1. The first kappa shape index (κ1) is 24.8. The van der Waals surface area contributed by atoms with Crippen LogP contribution in [-0.2, 0) is 14.3 Å². The van der Waals surface area contributed by atoms with Gasteiger partial charge < -0.3 is 39.7 Å². The van der Waals surface area contributed by atoms with E-state index in [1.807, 2.05) is 0 Å². The number of hydrogen-bond donors (Lipinski definition) is 5. The van der Waals surface area contributed by atoms with Crippen LogP contribution in [0.3, 0.4) is 0 Å².